The average molecular weight is 334 g/mol. The lowest BCUT2D eigenvalue weighted by Gasteiger charge is -2.24. The number of aromatic amines is 1. The first-order valence-corrected chi connectivity index (χ1v) is 7.56. The van der Waals surface area contributed by atoms with Crippen LogP contribution < -0.4 is 11.3 Å². The highest BCUT2D eigenvalue weighted by Gasteiger charge is 2.24. The highest BCUT2D eigenvalue weighted by Crippen LogP contribution is 2.31. The molecule has 2 aromatic rings. The maximum absolute atomic E-state index is 12.0. The lowest BCUT2D eigenvalue weighted by molar-refractivity contribution is 0.530. The largest absolute Gasteiger partial charge is 0.369 e. The van der Waals surface area contributed by atoms with Crippen molar-refractivity contribution in [3.63, 3.8) is 0 Å². The van der Waals surface area contributed by atoms with Crippen LogP contribution in [0, 0.1) is 0 Å². The van der Waals surface area contributed by atoms with Crippen LogP contribution >= 0.6 is 15.9 Å². The molecule has 20 heavy (non-hydrogen) atoms. The van der Waals surface area contributed by atoms with Gasteiger partial charge >= 0.3 is 0 Å². The number of nitrogens with zero attached hydrogens (tertiary/aromatic N) is 1. The molecule has 5 heteroatoms. The molecule has 1 atom stereocenters. The fraction of sp³-hybridized carbons (Fsp3) is 0.333. The van der Waals surface area contributed by atoms with Gasteiger partial charge in [0.05, 0.1) is 5.69 Å². The number of rotatable bonds is 2. The third-order valence-electron chi connectivity index (χ3n) is 3.80. The molecular weight excluding hydrogens is 318 g/mol. The summed E-state index contributed by atoms with van der Waals surface area (Å²) in [7, 11) is 0. The summed E-state index contributed by atoms with van der Waals surface area (Å²) in [4.78, 5) is 18.9. The molecule has 1 aromatic heterocycles. The summed E-state index contributed by atoms with van der Waals surface area (Å²) in [6.07, 6.45) is 3.77. The zero-order valence-electron chi connectivity index (χ0n) is 11.0. The van der Waals surface area contributed by atoms with Gasteiger partial charge in [0.15, 0.2) is 0 Å². The summed E-state index contributed by atoms with van der Waals surface area (Å²) >= 11 is 3.49. The number of anilines is 1. The van der Waals surface area contributed by atoms with Crippen molar-refractivity contribution in [3.8, 4) is 0 Å². The Morgan fingerprint density at radius 3 is 3.10 bits per heavy atom. The van der Waals surface area contributed by atoms with Gasteiger partial charge in [-0.25, -0.2) is 4.98 Å². The maximum Gasteiger partial charge on any atom is 0.255 e. The van der Waals surface area contributed by atoms with Crippen LogP contribution in [0.1, 0.15) is 35.6 Å². The lowest BCUT2D eigenvalue weighted by atomic mass is 9.83. The fourth-order valence-electron chi connectivity index (χ4n) is 2.92. The molecule has 3 rings (SSSR count). The van der Waals surface area contributed by atoms with Crippen molar-refractivity contribution >= 4 is 21.9 Å². The third kappa shape index (κ3) is 2.63. The minimum atomic E-state index is -0.0774. The minimum absolute atomic E-state index is 0.0774. The van der Waals surface area contributed by atoms with E-state index in [4.69, 9.17) is 5.73 Å². The second-order valence-corrected chi connectivity index (χ2v) is 6.15. The van der Waals surface area contributed by atoms with E-state index in [1.165, 1.54) is 5.56 Å². The number of aromatic nitrogens is 2. The van der Waals surface area contributed by atoms with Crippen LogP contribution in [0.5, 0.6) is 0 Å². The predicted octanol–water partition coefficient (Wildman–Crippen LogP) is 2.78. The third-order valence-corrected chi connectivity index (χ3v) is 4.30. The first-order valence-electron chi connectivity index (χ1n) is 6.76. The van der Waals surface area contributed by atoms with Gasteiger partial charge in [0.2, 0.25) is 5.95 Å². The molecule has 0 bridgehead atoms. The Hall–Kier alpha value is -1.62. The molecule has 3 N–H and O–H groups in total. The highest BCUT2D eigenvalue weighted by atomic mass is 79.9. The normalized spacial score (nSPS) is 17.8. The van der Waals surface area contributed by atoms with E-state index in [-0.39, 0.29) is 17.4 Å². The number of H-pyrrole nitrogens is 1. The van der Waals surface area contributed by atoms with Gasteiger partial charge in [-0.2, -0.15) is 0 Å². The number of halogens is 1. The SMILES string of the molecule is Nc1nc2c(c(=O)[nH]1)CCCC2Cc1cccc(Br)c1. The summed E-state index contributed by atoms with van der Waals surface area (Å²) < 4.78 is 1.07. The van der Waals surface area contributed by atoms with Crippen LogP contribution in [0.25, 0.3) is 0 Å². The topological polar surface area (TPSA) is 71.8 Å². The minimum Gasteiger partial charge on any atom is -0.369 e. The number of hydrogen-bond acceptors (Lipinski definition) is 3. The van der Waals surface area contributed by atoms with Crippen LogP contribution in [0.2, 0.25) is 0 Å². The molecule has 1 unspecified atom stereocenters. The van der Waals surface area contributed by atoms with Gasteiger partial charge in [-0.1, -0.05) is 28.1 Å². The smallest absolute Gasteiger partial charge is 0.255 e. The quantitative estimate of drug-likeness (QED) is 0.887. The monoisotopic (exact) mass is 333 g/mol. The van der Waals surface area contributed by atoms with Crippen molar-refractivity contribution in [3.05, 3.63) is 55.9 Å². The van der Waals surface area contributed by atoms with E-state index in [0.29, 0.717) is 0 Å². The molecule has 0 amide bonds. The summed E-state index contributed by atoms with van der Waals surface area (Å²) in [5.41, 5.74) is 8.56. The van der Waals surface area contributed by atoms with E-state index in [1.54, 1.807) is 0 Å². The molecule has 4 nitrogen and oxygen atoms in total. The average Bonchev–Trinajstić information content (AvgIpc) is 2.40. The van der Waals surface area contributed by atoms with Gasteiger partial charge in [0.1, 0.15) is 0 Å². The predicted molar refractivity (Wildman–Crippen MR) is 82.8 cm³/mol. The van der Waals surface area contributed by atoms with E-state index in [1.807, 2.05) is 12.1 Å². The van der Waals surface area contributed by atoms with E-state index >= 15 is 0 Å². The van der Waals surface area contributed by atoms with Crippen molar-refractivity contribution in [1.29, 1.82) is 0 Å². The summed E-state index contributed by atoms with van der Waals surface area (Å²) in [5.74, 6) is 0.493. The molecule has 1 aromatic carbocycles. The summed E-state index contributed by atoms with van der Waals surface area (Å²) in [6, 6.07) is 8.27. The van der Waals surface area contributed by atoms with Crippen LogP contribution in [-0.4, -0.2) is 9.97 Å². The number of nitrogens with two attached hydrogens (primary N) is 1. The highest BCUT2D eigenvalue weighted by molar-refractivity contribution is 9.10. The van der Waals surface area contributed by atoms with Gasteiger partial charge in [-0.05, 0) is 43.4 Å². The molecule has 0 radical (unpaired) electrons. The number of nitrogens with one attached hydrogen (secondary N) is 1. The van der Waals surface area contributed by atoms with Gasteiger partial charge in [-0.3, -0.25) is 9.78 Å². The van der Waals surface area contributed by atoms with Crippen molar-refractivity contribution in [1.82, 2.24) is 9.97 Å². The zero-order valence-corrected chi connectivity index (χ0v) is 12.6. The molecule has 0 aliphatic heterocycles. The number of fused-ring (bicyclic) bond motifs is 1. The number of benzene rings is 1. The van der Waals surface area contributed by atoms with Crippen LogP contribution in [0.15, 0.2) is 33.5 Å². The van der Waals surface area contributed by atoms with Gasteiger partial charge in [-0.15, -0.1) is 0 Å². The first-order chi connectivity index (χ1) is 9.63. The fourth-order valence-corrected chi connectivity index (χ4v) is 3.37. The Labute approximate surface area is 125 Å². The van der Waals surface area contributed by atoms with Gasteiger partial charge in [0, 0.05) is 16.0 Å². The molecule has 0 saturated carbocycles. The summed E-state index contributed by atoms with van der Waals surface area (Å²) in [6.45, 7) is 0. The van der Waals surface area contributed by atoms with Crippen molar-refractivity contribution in [2.75, 3.05) is 5.73 Å². The van der Waals surface area contributed by atoms with Gasteiger partial charge in [0.25, 0.3) is 5.56 Å². The molecule has 0 spiro atoms. The number of hydrogen-bond donors (Lipinski definition) is 2. The van der Waals surface area contributed by atoms with Gasteiger partial charge < -0.3 is 5.73 Å². The van der Waals surface area contributed by atoms with Crippen molar-refractivity contribution in [2.24, 2.45) is 0 Å². The van der Waals surface area contributed by atoms with Crippen molar-refractivity contribution < 1.29 is 0 Å². The van der Waals surface area contributed by atoms with Crippen LogP contribution in [0.4, 0.5) is 5.95 Å². The standard InChI is InChI=1S/C15H16BrN3O/c16-11-5-1-3-9(8-11)7-10-4-2-6-12-13(10)18-15(17)19-14(12)20/h1,3,5,8,10H,2,4,6-7H2,(H3,17,18,19,20). The molecule has 0 saturated heterocycles. The van der Waals surface area contributed by atoms with E-state index in [0.717, 1.165) is 41.4 Å². The van der Waals surface area contributed by atoms with Crippen LogP contribution in [0.3, 0.4) is 0 Å². The van der Waals surface area contributed by atoms with Crippen LogP contribution in [-0.2, 0) is 12.8 Å². The second-order valence-electron chi connectivity index (χ2n) is 5.24. The van der Waals surface area contributed by atoms with E-state index in [9.17, 15) is 4.79 Å². The second kappa shape index (κ2) is 5.40. The number of nitrogen functional groups attached to an aromatic ring is 1. The zero-order chi connectivity index (χ0) is 14.1. The molecule has 1 heterocycles. The maximum atomic E-state index is 12.0. The first kappa shape index (κ1) is 13.4. The Balaban J connectivity index is 1.96. The van der Waals surface area contributed by atoms with E-state index in [2.05, 4.69) is 38.0 Å². The molecule has 0 fully saturated rings. The molecule has 1 aliphatic carbocycles. The Morgan fingerprint density at radius 1 is 1.45 bits per heavy atom. The summed E-state index contributed by atoms with van der Waals surface area (Å²) in [5, 5.41) is 0. The lowest BCUT2D eigenvalue weighted by Crippen LogP contribution is -2.25. The van der Waals surface area contributed by atoms with E-state index < -0.39 is 0 Å². The Kier molecular flexibility index (Phi) is 3.61. The Morgan fingerprint density at radius 2 is 2.30 bits per heavy atom. The molecular formula is C15H16BrN3O. The van der Waals surface area contributed by atoms with Crippen molar-refractivity contribution in [2.45, 2.75) is 31.6 Å². The molecule has 1 aliphatic rings. The Bertz CT molecular complexity index is 696. The molecule has 104 valence electrons.